The number of rotatable bonds is 1. The third kappa shape index (κ3) is 1.56. The molecule has 0 saturated carbocycles. The number of ether oxygens (including phenoxy) is 1. The van der Waals surface area contributed by atoms with Gasteiger partial charge in [0.2, 0.25) is 0 Å². The van der Waals surface area contributed by atoms with Gasteiger partial charge in [-0.05, 0) is 30.3 Å². The molecule has 0 unspecified atom stereocenters. The first-order valence-electron chi connectivity index (χ1n) is 6.22. The smallest absolute Gasteiger partial charge is 0.335 e. The highest BCUT2D eigenvalue weighted by molar-refractivity contribution is 6.02. The van der Waals surface area contributed by atoms with Crippen molar-refractivity contribution in [2.75, 3.05) is 0 Å². The molecule has 3 aromatic rings. The molecule has 0 saturated heterocycles. The number of aromatic amines is 1. The molecule has 0 atom stereocenters. The number of carbonyl (C=O) groups is 1. The fourth-order valence-corrected chi connectivity index (χ4v) is 2.52. The molecule has 0 amide bonds. The minimum absolute atomic E-state index is 0.137. The zero-order valence-electron chi connectivity index (χ0n) is 10.6. The van der Waals surface area contributed by atoms with Crippen molar-refractivity contribution in [1.82, 2.24) is 10.2 Å². The van der Waals surface area contributed by atoms with Gasteiger partial charge in [0.25, 0.3) is 5.56 Å². The van der Waals surface area contributed by atoms with E-state index in [1.165, 1.54) is 12.1 Å². The molecule has 6 heteroatoms. The Bertz CT molecular complexity index is 975. The Morgan fingerprint density at radius 2 is 2.05 bits per heavy atom. The summed E-state index contributed by atoms with van der Waals surface area (Å²) in [6.07, 6.45) is 0. The van der Waals surface area contributed by atoms with Crippen molar-refractivity contribution >= 4 is 16.7 Å². The largest absolute Gasteiger partial charge is 0.478 e. The lowest BCUT2D eigenvalue weighted by atomic mass is 9.99. The molecule has 0 fully saturated rings. The van der Waals surface area contributed by atoms with Gasteiger partial charge in [-0.25, -0.2) is 9.89 Å². The van der Waals surface area contributed by atoms with Gasteiger partial charge in [-0.1, -0.05) is 6.07 Å². The molecule has 0 bridgehead atoms. The first kappa shape index (κ1) is 11.7. The molecular weight excluding hydrogens is 272 g/mol. The van der Waals surface area contributed by atoms with Crippen LogP contribution in [-0.2, 0) is 0 Å². The van der Waals surface area contributed by atoms with Crippen LogP contribution in [0.4, 0.5) is 0 Å². The van der Waals surface area contributed by atoms with Crippen molar-refractivity contribution in [1.29, 1.82) is 0 Å². The Balaban J connectivity index is 2.13. The number of hydrogen-bond donors (Lipinski definition) is 2. The maximum atomic E-state index is 11.8. The highest BCUT2D eigenvalue weighted by Gasteiger charge is 2.23. The van der Waals surface area contributed by atoms with Crippen LogP contribution < -0.4 is 10.3 Å². The Kier molecular flexibility index (Phi) is 2.18. The lowest BCUT2D eigenvalue weighted by Gasteiger charge is -2.19. The summed E-state index contributed by atoms with van der Waals surface area (Å²) in [5.41, 5.74) is 0.898. The van der Waals surface area contributed by atoms with Crippen molar-refractivity contribution in [3.05, 3.63) is 52.3 Å². The Hall–Kier alpha value is -3.15. The van der Waals surface area contributed by atoms with E-state index in [4.69, 9.17) is 9.84 Å². The fourth-order valence-electron chi connectivity index (χ4n) is 2.52. The van der Waals surface area contributed by atoms with Crippen LogP contribution in [0.5, 0.6) is 11.5 Å². The van der Waals surface area contributed by atoms with Crippen molar-refractivity contribution in [2.24, 2.45) is 0 Å². The van der Waals surface area contributed by atoms with E-state index in [1.54, 1.807) is 24.3 Å². The molecule has 1 aliphatic heterocycles. The third-order valence-corrected chi connectivity index (χ3v) is 3.48. The number of aromatic nitrogens is 2. The normalized spacial score (nSPS) is 11.8. The van der Waals surface area contributed by atoms with E-state index in [-0.39, 0.29) is 11.1 Å². The monoisotopic (exact) mass is 280 g/mol. The molecule has 2 heterocycles. The SMILES string of the molecule is O=C(O)c1ccc2c(c1)-c1n[nH]c(=O)c3cccc(c13)O2. The lowest BCUT2D eigenvalue weighted by molar-refractivity contribution is 0.0697. The molecule has 0 spiro atoms. The number of fused-ring (bicyclic) bond motifs is 2. The highest BCUT2D eigenvalue weighted by Crippen LogP contribution is 2.44. The van der Waals surface area contributed by atoms with Crippen LogP contribution >= 0.6 is 0 Å². The van der Waals surface area contributed by atoms with E-state index >= 15 is 0 Å². The molecular formula is C15H8N2O4. The van der Waals surface area contributed by atoms with Crippen molar-refractivity contribution in [2.45, 2.75) is 0 Å². The van der Waals surface area contributed by atoms with Gasteiger partial charge in [-0.2, -0.15) is 5.10 Å². The first-order valence-corrected chi connectivity index (χ1v) is 6.22. The van der Waals surface area contributed by atoms with Crippen LogP contribution in [0.15, 0.2) is 41.2 Å². The standard InChI is InChI=1S/C15H8N2O4/c18-14-8-2-1-3-11-12(8)13(16-17-14)9-6-7(15(19)20)4-5-10(9)21-11/h1-6H,(H,17,18)(H,19,20). The zero-order chi connectivity index (χ0) is 14.6. The number of H-pyrrole nitrogens is 1. The number of nitrogens with one attached hydrogen (secondary N) is 1. The summed E-state index contributed by atoms with van der Waals surface area (Å²) < 4.78 is 5.75. The number of aromatic carboxylic acids is 1. The maximum Gasteiger partial charge on any atom is 0.335 e. The number of carboxylic acids is 1. The summed E-state index contributed by atoms with van der Waals surface area (Å²) >= 11 is 0. The van der Waals surface area contributed by atoms with E-state index in [2.05, 4.69) is 10.2 Å². The molecule has 1 aliphatic rings. The van der Waals surface area contributed by atoms with Crippen LogP contribution in [-0.4, -0.2) is 21.3 Å². The van der Waals surface area contributed by atoms with E-state index in [0.29, 0.717) is 33.5 Å². The molecule has 2 N–H and O–H groups in total. The van der Waals surface area contributed by atoms with E-state index in [9.17, 15) is 9.59 Å². The van der Waals surface area contributed by atoms with E-state index < -0.39 is 5.97 Å². The van der Waals surface area contributed by atoms with Crippen LogP contribution in [0.25, 0.3) is 22.0 Å². The van der Waals surface area contributed by atoms with Crippen LogP contribution in [0.2, 0.25) is 0 Å². The van der Waals surface area contributed by atoms with Gasteiger partial charge in [-0.15, -0.1) is 0 Å². The lowest BCUT2D eigenvalue weighted by Crippen LogP contribution is -2.12. The number of hydrogen-bond acceptors (Lipinski definition) is 4. The molecule has 102 valence electrons. The number of nitrogens with zero attached hydrogens (tertiary/aromatic N) is 1. The minimum atomic E-state index is -1.03. The van der Waals surface area contributed by atoms with Crippen molar-refractivity contribution in [3.8, 4) is 22.8 Å². The average molecular weight is 280 g/mol. The second kappa shape index (κ2) is 3.92. The van der Waals surface area contributed by atoms with Gasteiger partial charge < -0.3 is 9.84 Å². The predicted octanol–water partition coefficient (Wildman–Crippen LogP) is 2.39. The molecule has 4 rings (SSSR count). The third-order valence-electron chi connectivity index (χ3n) is 3.48. The minimum Gasteiger partial charge on any atom is -0.478 e. The van der Waals surface area contributed by atoms with Crippen molar-refractivity contribution in [3.63, 3.8) is 0 Å². The summed E-state index contributed by atoms with van der Waals surface area (Å²) in [5, 5.41) is 16.7. The van der Waals surface area contributed by atoms with Gasteiger partial charge in [0.05, 0.1) is 16.3 Å². The molecule has 2 aromatic carbocycles. The van der Waals surface area contributed by atoms with Gasteiger partial charge in [0, 0.05) is 5.56 Å². The summed E-state index contributed by atoms with van der Waals surface area (Å²) in [7, 11) is 0. The summed E-state index contributed by atoms with van der Waals surface area (Å²) in [6.45, 7) is 0. The Labute approximate surface area is 117 Å². The quantitative estimate of drug-likeness (QED) is 0.558. The highest BCUT2D eigenvalue weighted by atomic mass is 16.5. The van der Waals surface area contributed by atoms with Gasteiger partial charge in [-0.3, -0.25) is 4.79 Å². The average Bonchev–Trinajstić information content (AvgIpc) is 2.49. The van der Waals surface area contributed by atoms with Crippen LogP contribution in [0.1, 0.15) is 10.4 Å². The first-order chi connectivity index (χ1) is 10.1. The Morgan fingerprint density at radius 3 is 2.86 bits per heavy atom. The molecule has 21 heavy (non-hydrogen) atoms. The fraction of sp³-hybridized carbons (Fsp3) is 0. The Morgan fingerprint density at radius 1 is 1.19 bits per heavy atom. The number of benzene rings is 2. The van der Waals surface area contributed by atoms with E-state index in [0.717, 1.165) is 0 Å². The van der Waals surface area contributed by atoms with E-state index in [1.807, 2.05) is 0 Å². The molecule has 1 aromatic heterocycles. The van der Waals surface area contributed by atoms with Crippen LogP contribution in [0, 0.1) is 0 Å². The van der Waals surface area contributed by atoms with Gasteiger partial charge in [0.1, 0.15) is 17.2 Å². The summed E-state index contributed by atoms with van der Waals surface area (Å²) in [6, 6.07) is 9.71. The number of carboxylic acid groups (broad SMARTS) is 1. The molecule has 6 nitrogen and oxygen atoms in total. The van der Waals surface area contributed by atoms with Gasteiger partial charge in [0.15, 0.2) is 0 Å². The topological polar surface area (TPSA) is 92.3 Å². The van der Waals surface area contributed by atoms with Crippen LogP contribution in [0.3, 0.4) is 0 Å². The second-order valence-corrected chi connectivity index (χ2v) is 4.70. The van der Waals surface area contributed by atoms with Crippen molar-refractivity contribution < 1.29 is 14.6 Å². The summed E-state index contributed by atoms with van der Waals surface area (Å²) in [4.78, 5) is 23.0. The predicted molar refractivity (Wildman–Crippen MR) is 74.8 cm³/mol. The van der Waals surface area contributed by atoms with Gasteiger partial charge >= 0.3 is 5.97 Å². The maximum absolute atomic E-state index is 11.8. The molecule has 0 aliphatic carbocycles. The second-order valence-electron chi connectivity index (χ2n) is 4.70. The zero-order valence-corrected chi connectivity index (χ0v) is 10.6. The molecule has 0 radical (unpaired) electrons. The summed E-state index contributed by atoms with van der Waals surface area (Å²) in [5.74, 6) is 0.0218.